The molecular weight excluding hydrogens is 316 g/mol. The minimum absolute atomic E-state index is 0.344. The zero-order valence-corrected chi connectivity index (χ0v) is 12.6. The van der Waals surface area contributed by atoms with Gasteiger partial charge in [-0.15, -0.1) is 0 Å². The van der Waals surface area contributed by atoms with E-state index in [2.05, 4.69) is 15.9 Å². The van der Waals surface area contributed by atoms with Crippen LogP contribution in [-0.4, -0.2) is 17.8 Å². The molecule has 0 radical (unpaired) electrons. The lowest BCUT2D eigenvalue weighted by atomic mass is 10.0. The lowest BCUT2D eigenvalue weighted by Crippen LogP contribution is -2.20. The van der Waals surface area contributed by atoms with E-state index in [1.165, 1.54) is 25.7 Å². The van der Waals surface area contributed by atoms with Gasteiger partial charge in [-0.1, -0.05) is 37.3 Å². The average molecular weight is 334 g/mol. The monoisotopic (exact) mass is 332 g/mol. The van der Waals surface area contributed by atoms with E-state index in [-0.39, 0.29) is 6.10 Å². The van der Waals surface area contributed by atoms with Crippen LogP contribution in [0.5, 0.6) is 5.75 Å². The maximum Gasteiger partial charge on any atom is 0.133 e. The lowest BCUT2D eigenvalue weighted by Gasteiger charge is -2.16. The highest BCUT2D eigenvalue weighted by Gasteiger charge is 2.19. The second kappa shape index (κ2) is 6.78. The highest BCUT2D eigenvalue weighted by molar-refractivity contribution is 9.10. The van der Waals surface area contributed by atoms with E-state index in [0.29, 0.717) is 17.5 Å². The van der Waals surface area contributed by atoms with Crippen molar-refractivity contribution in [1.29, 1.82) is 0 Å². The average Bonchev–Trinajstić information content (AvgIpc) is 2.80. The van der Waals surface area contributed by atoms with Crippen molar-refractivity contribution in [3.8, 4) is 5.75 Å². The van der Waals surface area contributed by atoms with E-state index in [9.17, 15) is 5.11 Å². The van der Waals surface area contributed by atoms with E-state index in [1.807, 2.05) is 6.07 Å². The second-order valence-corrected chi connectivity index (χ2v) is 6.22. The zero-order valence-electron chi connectivity index (χ0n) is 10.2. The van der Waals surface area contributed by atoms with Crippen LogP contribution in [0.1, 0.15) is 32.1 Å². The van der Waals surface area contributed by atoms with E-state index >= 15 is 0 Å². The van der Waals surface area contributed by atoms with Gasteiger partial charge in [-0.25, -0.2) is 0 Å². The molecule has 1 fully saturated rings. The number of benzene rings is 1. The Morgan fingerprint density at radius 2 is 2.11 bits per heavy atom. The molecule has 18 heavy (non-hydrogen) atoms. The van der Waals surface area contributed by atoms with Crippen molar-refractivity contribution in [3.63, 3.8) is 0 Å². The molecule has 0 saturated heterocycles. The van der Waals surface area contributed by atoms with Gasteiger partial charge in [0.1, 0.15) is 12.4 Å². The van der Waals surface area contributed by atoms with Gasteiger partial charge in [-0.2, -0.15) is 0 Å². The number of halogens is 2. The molecule has 1 aromatic rings. The summed E-state index contributed by atoms with van der Waals surface area (Å²) in [5.41, 5.74) is 0. The van der Waals surface area contributed by atoms with E-state index in [0.717, 1.165) is 16.6 Å². The Morgan fingerprint density at radius 1 is 1.39 bits per heavy atom. The maximum atomic E-state index is 9.95. The molecule has 1 saturated carbocycles. The SMILES string of the molecule is OC(COc1ccc(Cl)cc1Br)CC1CCCC1. The topological polar surface area (TPSA) is 29.5 Å². The molecule has 1 aliphatic carbocycles. The fraction of sp³-hybridized carbons (Fsp3) is 0.571. The molecule has 0 aromatic heterocycles. The highest BCUT2D eigenvalue weighted by atomic mass is 79.9. The van der Waals surface area contributed by atoms with Crippen LogP contribution in [0.2, 0.25) is 5.02 Å². The first-order valence-corrected chi connectivity index (χ1v) is 7.58. The largest absolute Gasteiger partial charge is 0.490 e. The number of aliphatic hydroxyl groups is 1. The van der Waals surface area contributed by atoms with Crippen LogP contribution in [0.4, 0.5) is 0 Å². The minimum atomic E-state index is -0.379. The Labute approximate surface area is 121 Å². The van der Waals surface area contributed by atoms with Crippen LogP contribution in [-0.2, 0) is 0 Å². The summed E-state index contributed by atoms with van der Waals surface area (Å²) in [6.45, 7) is 0.344. The summed E-state index contributed by atoms with van der Waals surface area (Å²) in [7, 11) is 0. The number of rotatable bonds is 5. The van der Waals surface area contributed by atoms with E-state index < -0.39 is 0 Å². The molecule has 0 bridgehead atoms. The molecule has 0 amide bonds. The standard InChI is InChI=1S/C14H18BrClO2/c15-13-8-11(16)5-6-14(13)18-9-12(17)7-10-3-1-2-4-10/h5-6,8,10,12,17H,1-4,7,9H2. The minimum Gasteiger partial charge on any atom is -0.490 e. The van der Waals surface area contributed by atoms with Crippen molar-refractivity contribution in [1.82, 2.24) is 0 Å². The number of aliphatic hydroxyl groups excluding tert-OH is 1. The predicted octanol–water partition coefficient (Wildman–Crippen LogP) is 4.42. The smallest absolute Gasteiger partial charge is 0.133 e. The molecule has 1 aliphatic rings. The van der Waals surface area contributed by atoms with Gasteiger partial charge in [-0.05, 0) is 46.5 Å². The lowest BCUT2D eigenvalue weighted by molar-refractivity contribution is 0.0852. The highest BCUT2D eigenvalue weighted by Crippen LogP contribution is 2.30. The van der Waals surface area contributed by atoms with Gasteiger partial charge in [0.15, 0.2) is 0 Å². The van der Waals surface area contributed by atoms with Crippen molar-refractivity contribution in [2.75, 3.05) is 6.61 Å². The first kappa shape index (κ1) is 14.2. The molecule has 4 heteroatoms. The van der Waals surface area contributed by atoms with Gasteiger partial charge >= 0.3 is 0 Å². The Bertz CT molecular complexity index is 391. The number of ether oxygens (including phenoxy) is 1. The van der Waals surface area contributed by atoms with Gasteiger partial charge in [0.2, 0.25) is 0 Å². The van der Waals surface area contributed by atoms with E-state index in [1.54, 1.807) is 12.1 Å². The molecule has 0 spiro atoms. The van der Waals surface area contributed by atoms with Crippen LogP contribution in [0.15, 0.2) is 22.7 Å². The third-order valence-corrected chi connectivity index (χ3v) is 4.26. The summed E-state index contributed by atoms with van der Waals surface area (Å²) < 4.78 is 6.43. The van der Waals surface area contributed by atoms with Crippen LogP contribution >= 0.6 is 27.5 Å². The van der Waals surface area contributed by atoms with Crippen LogP contribution in [0, 0.1) is 5.92 Å². The van der Waals surface area contributed by atoms with Crippen molar-refractivity contribution in [2.45, 2.75) is 38.2 Å². The Hall–Kier alpha value is -0.250. The van der Waals surface area contributed by atoms with Gasteiger partial charge in [-0.3, -0.25) is 0 Å². The molecule has 1 N–H and O–H groups in total. The zero-order chi connectivity index (χ0) is 13.0. The van der Waals surface area contributed by atoms with Crippen LogP contribution < -0.4 is 4.74 Å². The van der Waals surface area contributed by atoms with E-state index in [4.69, 9.17) is 16.3 Å². The summed E-state index contributed by atoms with van der Waals surface area (Å²) >= 11 is 9.25. The van der Waals surface area contributed by atoms with Gasteiger partial charge in [0, 0.05) is 5.02 Å². The van der Waals surface area contributed by atoms with Crippen LogP contribution in [0.25, 0.3) is 0 Å². The third-order valence-electron chi connectivity index (χ3n) is 3.41. The summed E-state index contributed by atoms with van der Waals surface area (Å²) in [4.78, 5) is 0. The normalized spacial score (nSPS) is 17.9. The molecule has 1 aromatic carbocycles. The molecule has 100 valence electrons. The van der Waals surface area contributed by atoms with Crippen molar-refractivity contribution >= 4 is 27.5 Å². The van der Waals surface area contributed by atoms with Crippen molar-refractivity contribution in [3.05, 3.63) is 27.7 Å². The Morgan fingerprint density at radius 3 is 2.78 bits per heavy atom. The second-order valence-electron chi connectivity index (χ2n) is 4.93. The first-order chi connectivity index (χ1) is 8.65. The fourth-order valence-electron chi connectivity index (χ4n) is 2.48. The summed E-state index contributed by atoms with van der Waals surface area (Å²) in [6, 6.07) is 5.39. The van der Waals surface area contributed by atoms with Crippen molar-refractivity contribution in [2.24, 2.45) is 5.92 Å². The Balaban J connectivity index is 1.79. The maximum absolute atomic E-state index is 9.95. The quantitative estimate of drug-likeness (QED) is 0.864. The summed E-state index contributed by atoms with van der Waals surface area (Å²) in [6.07, 6.45) is 5.59. The van der Waals surface area contributed by atoms with Gasteiger partial charge in [0.25, 0.3) is 0 Å². The third kappa shape index (κ3) is 4.15. The summed E-state index contributed by atoms with van der Waals surface area (Å²) in [5.74, 6) is 1.40. The number of hydrogen-bond acceptors (Lipinski definition) is 2. The molecule has 2 rings (SSSR count). The van der Waals surface area contributed by atoms with Crippen LogP contribution in [0.3, 0.4) is 0 Å². The number of hydrogen-bond donors (Lipinski definition) is 1. The van der Waals surface area contributed by atoms with Crippen molar-refractivity contribution < 1.29 is 9.84 Å². The fourth-order valence-corrected chi connectivity index (χ4v) is 3.27. The Kier molecular flexibility index (Phi) is 5.34. The van der Waals surface area contributed by atoms with Gasteiger partial charge in [0.05, 0.1) is 10.6 Å². The molecule has 0 heterocycles. The summed E-state index contributed by atoms with van der Waals surface area (Å²) in [5, 5.41) is 10.6. The molecule has 1 unspecified atom stereocenters. The first-order valence-electron chi connectivity index (χ1n) is 6.41. The molecule has 1 atom stereocenters. The molecule has 0 aliphatic heterocycles. The predicted molar refractivity (Wildman–Crippen MR) is 77.2 cm³/mol. The molecular formula is C14H18BrClO2. The van der Waals surface area contributed by atoms with Gasteiger partial charge < -0.3 is 9.84 Å². The molecule has 2 nitrogen and oxygen atoms in total.